The van der Waals surface area contributed by atoms with E-state index in [0.29, 0.717) is 47.6 Å². The summed E-state index contributed by atoms with van der Waals surface area (Å²) in [5.41, 5.74) is 0.544. The summed E-state index contributed by atoms with van der Waals surface area (Å²) >= 11 is 0. The lowest BCUT2D eigenvalue weighted by atomic mass is 9.97. The predicted molar refractivity (Wildman–Crippen MR) is 124 cm³/mol. The number of carbonyl (C=O) groups is 1. The molecule has 1 unspecified atom stereocenters. The summed E-state index contributed by atoms with van der Waals surface area (Å²) in [7, 11) is 1.58. The maximum absolute atomic E-state index is 13.5. The van der Waals surface area contributed by atoms with Gasteiger partial charge in [0.05, 0.1) is 13.0 Å². The van der Waals surface area contributed by atoms with E-state index in [1.54, 1.807) is 42.3 Å². The Morgan fingerprint density at radius 3 is 2.83 bits per heavy atom. The Hall–Kier alpha value is -4.14. The number of furan rings is 1. The molecule has 1 aliphatic heterocycles. The maximum atomic E-state index is 13.5. The zero-order valence-corrected chi connectivity index (χ0v) is 19.1. The number of benzene rings is 2. The van der Waals surface area contributed by atoms with Crippen molar-refractivity contribution < 1.29 is 27.6 Å². The van der Waals surface area contributed by atoms with E-state index in [1.165, 1.54) is 12.1 Å². The number of likely N-dealkylation sites (tertiary alicyclic amines) is 1. The standard InChI is InChI=1S/C26H24FN3O5/c1-32-21-9-2-3-10-22(21)33-16-20-11-12-23(34-20)26(31)30-13-5-7-18(15-30)25-28-24(29-35-25)17-6-4-8-19(27)14-17/h2-4,6,8-12,14,18H,5,7,13,15-16H2,1H3. The Balaban J connectivity index is 1.23. The second-order valence-electron chi connectivity index (χ2n) is 8.26. The van der Waals surface area contributed by atoms with E-state index in [0.717, 1.165) is 12.8 Å². The first-order valence-corrected chi connectivity index (χ1v) is 11.3. The van der Waals surface area contributed by atoms with E-state index < -0.39 is 0 Å². The van der Waals surface area contributed by atoms with Crippen molar-refractivity contribution in [3.05, 3.63) is 83.9 Å². The Labute approximate surface area is 201 Å². The molecule has 8 nitrogen and oxygen atoms in total. The molecule has 0 radical (unpaired) electrons. The van der Waals surface area contributed by atoms with Gasteiger partial charge in [0.25, 0.3) is 5.91 Å². The van der Waals surface area contributed by atoms with Crippen LogP contribution in [0.2, 0.25) is 0 Å². The van der Waals surface area contributed by atoms with E-state index in [-0.39, 0.29) is 30.0 Å². The molecule has 1 saturated heterocycles. The number of hydrogen-bond donors (Lipinski definition) is 0. The number of hydrogen-bond acceptors (Lipinski definition) is 7. The normalized spacial score (nSPS) is 15.7. The Morgan fingerprint density at radius 1 is 1.14 bits per heavy atom. The second-order valence-corrected chi connectivity index (χ2v) is 8.26. The van der Waals surface area contributed by atoms with Gasteiger partial charge in [-0.1, -0.05) is 29.4 Å². The first-order valence-electron chi connectivity index (χ1n) is 11.3. The minimum Gasteiger partial charge on any atom is -0.493 e. The summed E-state index contributed by atoms with van der Waals surface area (Å²) in [5, 5.41) is 3.99. The summed E-state index contributed by atoms with van der Waals surface area (Å²) < 4.78 is 35.8. The molecular weight excluding hydrogens is 453 g/mol. The molecule has 180 valence electrons. The van der Waals surface area contributed by atoms with Gasteiger partial charge in [-0.25, -0.2) is 4.39 Å². The van der Waals surface area contributed by atoms with Crippen LogP contribution in [0.3, 0.4) is 0 Å². The van der Waals surface area contributed by atoms with Crippen LogP contribution in [-0.4, -0.2) is 41.1 Å². The van der Waals surface area contributed by atoms with Crippen LogP contribution in [0.25, 0.3) is 11.4 Å². The van der Waals surface area contributed by atoms with Crippen LogP contribution < -0.4 is 9.47 Å². The average molecular weight is 477 g/mol. The van der Waals surface area contributed by atoms with Crippen molar-refractivity contribution in [1.29, 1.82) is 0 Å². The molecule has 3 heterocycles. The van der Waals surface area contributed by atoms with E-state index >= 15 is 0 Å². The molecule has 9 heteroatoms. The highest BCUT2D eigenvalue weighted by Crippen LogP contribution is 2.30. The molecule has 2 aromatic heterocycles. The lowest BCUT2D eigenvalue weighted by molar-refractivity contribution is 0.0659. The lowest BCUT2D eigenvalue weighted by Gasteiger charge is -2.30. The zero-order valence-electron chi connectivity index (χ0n) is 19.1. The first-order chi connectivity index (χ1) is 17.1. The molecule has 35 heavy (non-hydrogen) atoms. The van der Waals surface area contributed by atoms with Gasteiger partial charge in [0.1, 0.15) is 18.2 Å². The molecule has 4 aromatic rings. The number of halogens is 1. The second kappa shape index (κ2) is 10.0. The summed E-state index contributed by atoms with van der Waals surface area (Å²) in [6.45, 7) is 1.20. The minimum absolute atomic E-state index is 0.106. The Bertz CT molecular complexity index is 1320. The third-order valence-electron chi connectivity index (χ3n) is 5.89. The minimum atomic E-state index is -0.366. The van der Waals surface area contributed by atoms with E-state index in [2.05, 4.69) is 10.1 Å². The number of para-hydroxylation sites is 2. The molecule has 5 rings (SSSR count). The number of ether oxygens (including phenoxy) is 2. The molecule has 1 aliphatic rings. The fraction of sp³-hybridized carbons (Fsp3) is 0.269. The SMILES string of the molecule is COc1ccccc1OCc1ccc(C(=O)N2CCCC(c3nc(-c4cccc(F)c4)no3)C2)o1. The van der Waals surface area contributed by atoms with Gasteiger partial charge >= 0.3 is 0 Å². The molecule has 0 saturated carbocycles. The predicted octanol–water partition coefficient (Wildman–Crippen LogP) is 5.08. The number of aromatic nitrogens is 2. The highest BCUT2D eigenvalue weighted by molar-refractivity contribution is 5.91. The van der Waals surface area contributed by atoms with E-state index in [4.69, 9.17) is 18.4 Å². The van der Waals surface area contributed by atoms with Crippen LogP contribution in [0.1, 0.15) is 41.0 Å². The number of piperidine rings is 1. The van der Waals surface area contributed by atoms with Gasteiger partial charge in [-0.05, 0) is 49.2 Å². The largest absolute Gasteiger partial charge is 0.493 e. The van der Waals surface area contributed by atoms with Gasteiger partial charge in [0.15, 0.2) is 17.3 Å². The third-order valence-corrected chi connectivity index (χ3v) is 5.89. The Morgan fingerprint density at radius 2 is 2.00 bits per heavy atom. The number of nitrogens with zero attached hydrogens (tertiary/aromatic N) is 3. The van der Waals surface area contributed by atoms with Crippen LogP contribution >= 0.6 is 0 Å². The van der Waals surface area contributed by atoms with Crippen molar-refractivity contribution in [2.24, 2.45) is 0 Å². The lowest BCUT2D eigenvalue weighted by Crippen LogP contribution is -2.39. The number of carbonyl (C=O) groups excluding carboxylic acids is 1. The Kier molecular flexibility index (Phi) is 6.47. The highest BCUT2D eigenvalue weighted by Gasteiger charge is 2.30. The third kappa shape index (κ3) is 5.03. The molecular formula is C26H24FN3O5. The fourth-order valence-electron chi connectivity index (χ4n) is 4.12. The van der Waals surface area contributed by atoms with Crippen molar-refractivity contribution >= 4 is 5.91 Å². The molecule has 0 spiro atoms. The van der Waals surface area contributed by atoms with E-state index in [9.17, 15) is 9.18 Å². The van der Waals surface area contributed by atoms with Crippen LogP contribution in [0.15, 0.2) is 69.6 Å². The van der Waals surface area contributed by atoms with Gasteiger partial charge in [0, 0.05) is 18.7 Å². The highest BCUT2D eigenvalue weighted by atomic mass is 19.1. The monoisotopic (exact) mass is 477 g/mol. The summed E-state index contributed by atoms with van der Waals surface area (Å²) in [6.07, 6.45) is 1.60. The zero-order chi connectivity index (χ0) is 24.2. The van der Waals surface area contributed by atoms with Crippen LogP contribution in [-0.2, 0) is 6.61 Å². The van der Waals surface area contributed by atoms with Gasteiger partial charge in [-0.15, -0.1) is 0 Å². The molecule has 1 fully saturated rings. The van der Waals surface area contributed by atoms with Crippen molar-refractivity contribution in [3.63, 3.8) is 0 Å². The molecule has 0 bridgehead atoms. The smallest absolute Gasteiger partial charge is 0.289 e. The summed E-state index contributed by atoms with van der Waals surface area (Å²) in [5.74, 6) is 2.08. The molecule has 1 amide bonds. The number of rotatable bonds is 7. The van der Waals surface area contributed by atoms with Crippen molar-refractivity contribution in [1.82, 2.24) is 15.0 Å². The first kappa shape index (κ1) is 22.6. The maximum Gasteiger partial charge on any atom is 0.289 e. The topological polar surface area (TPSA) is 90.8 Å². The van der Waals surface area contributed by atoms with Gasteiger partial charge in [-0.2, -0.15) is 4.98 Å². The van der Waals surface area contributed by atoms with Crippen molar-refractivity contribution in [3.8, 4) is 22.9 Å². The molecule has 1 atom stereocenters. The van der Waals surface area contributed by atoms with Gasteiger partial charge < -0.3 is 23.3 Å². The molecule has 0 aliphatic carbocycles. The van der Waals surface area contributed by atoms with Crippen LogP contribution in [0.5, 0.6) is 11.5 Å². The quantitative estimate of drug-likeness (QED) is 0.367. The van der Waals surface area contributed by atoms with Crippen LogP contribution in [0, 0.1) is 5.82 Å². The van der Waals surface area contributed by atoms with E-state index in [1.807, 2.05) is 18.2 Å². The molecule has 0 N–H and O–H groups in total. The summed E-state index contributed by atoms with van der Waals surface area (Å²) in [4.78, 5) is 19.3. The fourth-order valence-corrected chi connectivity index (χ4v) is 4.12. The van der Waals surface area contributed by atoms with Crippen molar-refractivity contribution in [2.45, 2.75) is 25.4 Å². The number of amides is 1. The number of methoxy groups -OCH3 is 1. The van der Waals surface area contributed by atoms with Gasteiger partial charge in [0.2, 0.25) is 11.7 Å². The van der Waals surface area contributed by atoms with Gasteiger partial charge in [-0.3, -0.25) is 4.79 Å². The van der Waals surface area contributed by atoms with Crippen LogP contribution in [0.4, 0.5) is 4.39 Å². The summed E-state index contributed by atoms with van der Waals surface area (Å²) in [6, 6.07) is 16.8. The average Bonchev–Trinajstić information content (AvgIpc) is 3.58. The van der Waals surface area contributed by atoms with Crippen molar-refractivity contribution in [2.75, 3.05) is 20.2 Å². The molecule has 2 aromatic carbocycles.